The van der Waals surface area contributed by atoms with Gasteiger partial charge in [-0.25, -0.2) is 0 Å². The summed E-state index contributed by atoms with van der Waals surface area (Å²) in [5.41, 5.74) is 5.54. The summed E-state index contributed by atoms with van der Waals surface area (Å²) in [7, 11) is 0. The van der Waals surface area contributed by atoms with Crippen LogP contribution in [0.3, 0.4) is 0 Å². The molecule has 0 unspecified atom stereocenters. The van der Waals surface area contributed by atoms with E-state index in [1.807, 2.05) is 0 Å². The monoisotopic (exact) mass is 205 g/mol. The predicted molar refractivity (Wildman–Crippen MR) is 49.8 cm³/mol. The van der Waals surface area contributed by atoms with Crippen molar-refractivity contribution in [3.05, 3.63) is 0 Å². The summed E-state index contributed by atoms with van der Waals surface area (Å²) in [5, 5.41) is 1.32. The molecule has 0 atom stereocenters. The van der Waals surface area contributed by atoms with Gasteiger partial charge in [0.1, 0.15) is 0 Å². The van der Waals surface area contributed by atoms with E-state index in [0.717, 1.165) is 16.0 Å². The first-order chi connectivity index (χ1) is 4.59. The van der Waals surface area contributed by atoms with Gasteiger partial charge < -0.3 is 0 Å². The van der Waals surface area contributed by atoms with Crippen LogP contribution in [0.4, 0.5) is 0 Å². The molecule has 0 spiro atoms. The number of hydrogen-bond acceptors (Lipinski definition) is 1. The van der Waals surface area contributed by atoms with Crippen molar-refractivity contribution < 1.29 is 0 Å². The van der Waals surface area contributed by atoms with Gasteiger partial charge in [0.25, 0.3) is 0 Å². The van der Waals surface area contributed by atoms with E-state index >= 15 is 0 Å². The third kappa shape index (κ3) is 3.63. The molecule has 0 radical (unpaired) electrons. The molecule has 0 heterocycles. The zero-order chi connectivity index (χ0) is 8.15. The van der Waals surface area contributed by atoms with Crippen LogP contribution in [-0.4, -0.2) is 21.2 Å². The molecule has 1 nitrogen and oxygen atoms in total. The Kier molecular flexibility index (Phi) is 5.48. The summed E-state index contributed by atoms with van der Waals surface area (Å²) >= 11 is -0.571. The van der Waals surface area contributed by atoms with Crippen LogP contribution in [0.15, 0.2) is 0 Å². The Morgan fingerprint density at radius 1 is 1.10 bits per heavy atom. The Labute approximate surface area is 69.6 Å². The normalized spacial score (nSPS) is 12.0. The zero-order valence-electron chi connectivity index (χ0n) is 7.59. The van der Waals surface area contributed by atoms with E-state index in [0.29, 0.717) is 0 Å². The molecule has 0 rings (SSSR count). The minimum atomic E-state index is -0.571. The summed E-state index contributed by atoms with van der Waals surface area (Å²) in [6, 6.07) is 0. The average molecular weight is 205 g/mol. The average Bonchev–Trinajstić information content (AvgIpc) is 1.81. The summed E-state index contributed by atoms with van der Waals surface area (Å²) in [6.45, 7) is 10.3. The molecule has 2 heteroatoms. The molecule has 0 aliphatic heterocycles. The minimum absolute atomic E-state index is 0.571. The predicted octanol–water partition coefficient (Wildman–Crippen LogP) is 2.26. The van der Waals surface area contributed by atoms with Crippen molar-refractivity contribution in [2.24, 2.45) is 5.73 Å². The maximum atomic E-state index is 5.54. The standard InChI is InChI=1S/C8H20AsN/c1-7(2)9(5-6-10)8(3)4/h7-8H,5-6,10H2,1-4H3. The van der Waals surface area contributed by atoms with Gasteiger partial charge in [-0.1, -0.05) is 0 Å². The van der Waals surface area contributed by atoms with Crippen LogP contribution >= 0.6 is 0 Å². The summed E-state index contributed by atoms with van der Waals surface area (Å²) < 4.78 is 1.85. The molecule has 10 heavy (non-hydrogen) atoms. The van der Waals surface area contributed by atoms with E-state index in [2.05, 4.69) is 27.7 Å². The van der Waals surface area contributed by atoms with E-state index in [1.54, 1.807) is 0 Å². The molecule has 0 fully saturated rings. The van der Waals surface area contributed by atoms with Crippen molar-refractivity contribution in [1.82, 2.24) is 0 Å². The van der Waals surface area contributed by atoms with Gasteiger partial charge in [0.2, 0.25) is 0 Å². The van der Waals surface area contributed by atoms with Crippen LogP contribution in [0.2, 0.25) is 14.6 Å². The Bertz CT molecular complexity index is 73.3. The first kappa shape index (κ1) is 10.5. The van der Waals surface area contributed by atoms with Gasteiger partial charge in [-0.05, 0) is 0 Å². The van der Waals surface area contributed by atoms with Crippen molar-refractivity contribution in [3.8, 4) is 0 Å². The molecule has 2 N–H and O–H groups in total. The fourth-order valence-electron chi connectivity index (χ4n) is 1.26. The Hall–Kier alpha value is 0.518. The van der Waals surface area contributed by atoms with Crippen molar-refractivity contribution in [3.63, 3.8) is 0 Å². The third-order valence-corrected chi connectivity index (χ3v) is 8.91. The Balaban J connectivity index is 3.73. The van der Waals surface area contributed by atoms with E-state index in [9.17, 15) is 0 Å². The van der Waals surface area contributed by atoms with Gasteiger partial charge in [0, 0.05) is 0 Å². The molecular formula is C8H20AsN. The molecule has 62 valence electrons. The van der Waals surface area contributed by atoms with Crippen LogP contribution in [-0.2, 0) is 0 Å². The topological polar surface area (TPSA) is 26.0 Å². The number of nitrogens with two attached hydrogens (primary N) is 1. The van der Waals surface area contributed by atoms with Crippen LogP contribution in [0.25, 0.3) is 0 Å². The molecule has 0 aliphatic carbocycles. The summed E-state index contributed by atoms with van der Waals surface area (Å²) in [5.74, 6) is 0. The van der Waals surface area contributed by atoms with Gasteiger partial charge >= 0.3 is 69.2 Å². The molecule has 0 bridgehead atoms. The maximum absolute atomic E-state index is 5.54. The molecular weight excluding hydrogens is 185 g/mol. The number of hydrogen-bond donors (Lipinski definition) is 1. The molecule has 0 aliphatic rings. The zero-order valence-corrected chi connectivity index (χ0v) is 9.47. The second kappa shape index (κ2) is 5.21. The van der Waals surface area contributed by atoms with Gasteiger partial charge in [-0.2, -0.15) is 0 Å². The van der Waals surface area contributed by atoms with E-state index < -0.39 is 14.7 Å². The summed E-state index contributed by atoms with van der Waals surface area (Å²) in [6.07, 6.45) is 0. The van der Waals surface area contributed by atoms with Crippen molar-refractivity contribution in [2.45, 2.75) is 42.3 Å². The van der Waals surface area contributed by atoms with Crippen LogP contribution in [0.1, 0.15) is 27.7 Å². The molecule has 0 amide bonds. The van der Waals surface area contributed by atoms with Gasteiger partial charge in [-0.15, -0.1) is 0 Å². The van der Waals surface area contributed by atoms with E-state index in [4.69, 9.17) is 5.73 Å². The van der Waals surface area contributed by atoms with E-state index in [-0.39, 0.29) is 0 Å². The van der Waals surface area contributed by atoms with Gasteiger partial charge in [0.05, 0.1) is 0 Å². The first-order valence-electron chi connectivity index (χ1n) is 4.05. The molecule has 0 aromatic rings. The second-order valence-electron chi connectivity index (χ2n) is 3.21. The summed E-state index contributed by atoms with van der Waals surface area (Å²) in [4.78, 5) is 0. The molecule has 0 saturated carbocycles. The molecule has 0 aromatic carbocycles. The Morgan fingerprint density at radius 3 is 1.60 bits per heavy atom. The fraction of sp³-hybridized carbons (Fsp3) is 1.00. The van der Waals surface area contributed by atoms with Gasteiger partial charge in [-0.3, -0.25) is 0 Å². The fourth-order valence-corrected chi connectivity index (χ4v) is 6.56. The quantitative estimate of drug-likeness (QED) is 0.700. The van der Waals surface area contributed by atoms with Gasteiger partial charge in [0.15, 0.2) is 0 Å². The molecule has 0 saturated heterocycles. The van der Waals surface area contributed by atoms with Crippen molar-refractivity contribution in [2.75, 3.05) is 6.54 Å². The SMILES string of the molecule is CC(C)[As](CCN)C(C)C. The van der Waals surface area contributed by atoms with Crippen LogP contribution in [0, 0.1) is 0 Å². The molecule has 0 aromatic heterocycles. The first-order valence-corrected chi connectivity index (χ1v) is 7.54. The second-order valence-corrected chi connectivity index (χ2v) is 10.6. The third-order valence-electron chi connectivity index (χ3n) is 1.71. The number of rotatable bonds is 4. The van der Waals surface area contributed by atoms with E-state index in [1.165, 1.54) is 5.21 Å². The van der Waals surface area contributed by atoms with Crippen molar-refractivity contribution in [1.29, 1.82) is 0 Å². The van der Waals surface area contributed by atoms with Crippen LogP contribution in [0.5, 0.6) is 0 Å². The van der Waals surface area contributed by atoms with Crippen LogP contribution < -0.4 is 5.73 Å². The van der Waals surface area contributed by atoms with Crippen molar-refractivity contribution >= 4 is 14.7 Å². The Morgan fingerprint density at radius 2 is 1.50 bits per heavy atom.